The van der Waals surface area contributed by atoms with Crippen LogP contribution in [0.2, 0.25) is 0 Å². The first-order valence-corrected chi connectivity index (χ1v) is 5.60. The maximum absolute atomic E-state index is 13.0. The van der Waals surface area contributed by atoms with Crippen molar-refractivity contribution in [2.75, 3.05) is 0 Å². The van der Waals surface area contributed by atoms with Crippen molar-refractivity contribution in [1.29, 1.82) is 0 Å². The molecule has 0 amide bonds. The molecule has 2 nitrogen and oxygen atoms in total. The molecule has 0 aliphatic carbocycles. The molecule has 0 aromatic heterocycles. The number of aldehydes is 1. The molecule has 92 valence electrons. The summed E-state index contributed by atoms with van der Waals surface area (Å²) >= 11 is 0. The molecule has 2 aromatic rings. The summed E-state index contributed by atoms with van der Waals surface area (Å²) in [5.74, 6) is 0.613. The van der Waals surface area contributed by atoms with Gasteiger partial charge in [-0.05, 0) is 43.2 Å². The summed E-state index contributed by atoms with van der Waals surface area (Å²) < 4.78 is 18.7. The number of hydrogen-bond acceptors (Lipinski definition) is 2. The minimum Gasteiger partial charge on any atom is -0.456 e. The second-order valence-electron chi connectivity index (χ2n) is 4.12. The molecule has 0 bridgehead atoms. The van der Waals surface area contributed by atoms with Crippen LogP contribution < -0.4 is 4.74 Å². The van der Waals surface area contributed by atoms with E-state index in [0.717, 1.165) is 17.2 Å². The number of ether oxygens (including phenoxy) is 1. The van der Waals surface area contributed by atoms with Crippen molar-refractivity contribution >= 4 is 6.29 Å². The standard InChI is InChI=1S/C15H13FO2/c1-10-4-3-5-11(2)15(10)18-14-7-6-13(16)8-12(14)9-17/h3-9H,1-2H3. The Bertz CT molecular complexity index is 571. The lowest BCUT2D eigenvalue weighted by Crippen LogP contribution is -1.95. The highest BCUT2D eigenvalue weighted by atomic mass is 19.1. The molecule has 2 rings (SSSR count). The molecule has 0 aliphatic heterocycles. The minimum atomic E-state index is -0.453. The van der Waals surface area contributed by atoms with Gasteiger partial charge in [0.2, 0.25) is 0 Å². The van der Waals surface area contributed by atoms with Crippen molar-refractivity contribution in [1.82, 2.24) is 0 Å². The average Bonchev–Trinajstić information content (AvgIpc) is 2.35. The van der Waals surface area contributed by atoms with Crippen molar-refractivity contribution in [3.05, 3.63) is 58.9 Å². The van der Waals surface area contributed by atoms with Gasteiger partial charge in [-0.15, -0.1) is 0 Å². The molecule has 0 fully saturated rings. The number of benzene rings is 2. The Labute approximate surface area is 105 Å². The number of carbonyl (C=O) groups is 1. The van der Waals surface area contributed by atoms with Gasteiger partial charge in [0.15, 0.2) is 6.29 Å². The zero-order chi connectivity index (χ0) is 13.1. The maximum Gasteiger partial charge on any atom is 0.153 e. The van der Waals surface area contributed by atoms with Crippen molar-refractivity contribution in [3.8, 4) is 11.5 Å². The van der Waals surface area contributed by atoms with Gasteiger partial charge in [0, 0.05) is 0 Å². The van der Waals surface area contributed by atoms with Crippen LogP contribution in [0, 0.1) is 19.7 Å². The summed E-state index contributed by atoms with van der Waals surface area (Å²) in [6.45, 7) is 3.85. The first-order valence-electron chi connectivity index (χ1n) is 5.60. The molecule has 0 N–H and O–H groups in total. The van der Waals surface area contributed by atoms with Gasteiger partial charge in [0.05, 0.1) is 5.56 Å². The quantitative estimate of drug-likeness (QED) is 0.761. The third kappa shape index (κ3) is 2.40. The number of aryl methyl sites for hydroxylation is 2. The number of rotatable bonds is 3. The van der Waals surface area contributed by atoms with Crippen LogP contribution in [0.5, 0.6) is 11.5 Å². The van der Waals surface area contributed by atoms with Crippen LogP contribution in [-0.4, -0.2) is 6.29 Å². The number of hydrogen-bond donors (Lipinski definition) is 0. The van der Waals surface area contributed by atoms with Gasteiger partial charge in [-0.2, -0.15) is 0 Å². The molecular weight excluding hydrogens is 231 g/mol. The van der Waals surface area contributed by atoms with E-state index < -0.39 is 5.82 Å². The number of halogens is 1. The molecule has 0 aliphatic rings. The van der Waals surface area contributed by atoms with Crippen LogP contribution in [0.4, 0.5) is 4.39 Å². The summed E-state index contributed by atoms with van der Waals surface area (Å²) in [6, 6.07) is 9.68. The Kier molecular flexibility index (Phi) is 3.42. The largest absolute Gasteiger partial charge is 0.456 e. The molecule has 0 atom stereocenters. The monoisotopic (exact) mass is 244 g/mol. The van der Waals surface area contributed by atoms with E-state index in [2.05, 4.69) is 0 Å². The molecule has 0 saturated heterocycles. The molecule has 0 spiro atoms. The van der Waals surface area contributed by atoms with Gasteiger partial charge in [0.1, 0.15) is 17.3 Å². The SMILES string of the molecule is Cc1cccc(C)c1Oc1ccc(F)cc1C=O. The summed E-state index contributed by atoms with van der Waals surface area (Å²) in [4.78, 5) is 10.9. The molecule has 3 heteroatoms. The Morgan fingerprint density at radius 3 is 2.39 bits per heavy atom. The Balaban J connectivity index is 2.43. The van der Waals surface area contributed by atoms with E-state index in [0.29, 0.717) is 17.8 Å². The Morgan fingerprint density at radius 1 is 1.11 bits per heavy atom. The van der Waals surface area contributed by atoms with Crippen LogP contribution in [0.1, 0.15) is 21.5 Å². The molecule has 0 unspecified atom stereocenters. The van der Waals surface area contributed by atoms with Crippen LogP contribution >= 0.6 is 0 Å². The predicted octanol–water partition coefficient (Wildman–Crippen LogP) is 4.05. The van der Waals surface area contributed by atoms with Gasteiger partial charge in [-0.25, -0.2) is 4.39 Å². The molecule has 2 aromatic carbocycles. The summed E-state index contributed by atoms with van der Waals surface area (Å²) in [5.41, 5.74) is 2.14. The first kappa shape index (κ1) is 12.3. The normalized spacial score (nSPS) is 10.2. The van der Waals surface area contributed by atoms with Crippen molar-refractivity contribution in [2.45, 2.75) is 13.8 Å². The fraction of sp³-hybridized carbons (Fsp3) is 0.133. The first-order chi connectivity index (χ1) is 8.61. The summed E-state index contributed by atoms with van der Waals surface area (Å²) in [5, 5.41) is 0. The van der Waals surface area contributed by atoms with Crippen LogP contribution in [0.25, 0.3) is 0 Å². The van der Waals surface area contributed by atoms with Gasteiger partial charge in [-0.1, -0.05) is 18.2 Å². The van der Waals surface area contributed by atoms with E-state index in [1.807, 2.05) is 32.0 Å². The van der Waals surface area contributed by atoms with Gasteiger partial charge < -0.3 is 4.74 Å². The third-order valence-electron chi connectivity index (χ3n) is 2.72. The highest BCUT2D eigenvalue weighted by molar-refractivity contribution is 5.79. The number of para-hydroxylation sites is 1. The average molecular weight is 244 g/mol. The highest BCUT2D eigenvalue weighted by Gasteiger charge is 2.09. The molecule has 18 heavy (non-hydrogen) atoms. The van der Waals surface area contributed by atoms with E-state index in [1.54, 1.807) is 0 Å². The zero-order valence-electron chi connectivity index (χ0n) is 10.2. The summed E-state index contributed by atoms with van der Waals surface area (Å²) in [6.07, 6.45) is 0.589. The maximum atomic E-state index is 13.0. The second-order valence-corrected chi connectivity index (χ2v) is 4.12. The van der Waals surface area contributed by atoms with Crippen molar-refractivity contribution in [3.63, 3.8) is 0 Å². The zero-order valence-corrected chi connectivity index (χ0v) is 10.2. The lowest BCUT2D eigenvalue weighted by atomic mass is 10.1. The molecule has 0 saturated carbocycles. The number of carbonyl (C=O) groups excluding carboxylic acids is 1. The fourth-order valence-corrected chi connectivity index (χ4v) is 1.77. The smallest absolute Gasteiger partial charge is 0.153 e. The third-order valence-corrected chi connectivity index (χ3v) is 2.72. The lowest BCUT2D eigenvalue weighted by Gasteiger charge is -2.12. The van der Waals surface area contributed by atoms with Crippen LogP contribution in [0.3, 0.4) is 0 Å². The van der Waals surface area contributed by atoms with E-state index >= 15 is 0 Å². The van der Waals surface area contributed by atoms with E-state index in [9.17, 15) is 9.18 Å². The minimum absolute atomic E-state index is 0.206. The van der Waals surface area contributed by atoms with E-state index in [-0.39, 0.29) is 5.56 Å². The topological polar surface area (TPSA) is 26.3 Å². The van der Waals surface area contributed by atoms with Crippen LogP contribution in [0.15, 0.2) is 36.4 Å². The Hall–Kier alpha value is -2.16. The van der Waals surface area contributed by atoms with E-state index in [1.165, 1.54) is 12.1 Å². The van der Waals surface area contributed by atoms with Crippen LogP contribution in [-0.2, 0) is 0 Å². The lowest BCUT2D eigenvalue weighted by molar-refractivity contribution is 0.112. The molecule has 0 heterocycles. The van der Waals surface area contributed by atoms with E-state index in [4.69, 9.17) is 4.74 Å². The predicted molar refractivity (Wildman–Crippen MR) is 67.8 cm³/mol. The highest BCUT2D eigenvalue weighted by Crippen LogP contribution is 2.30. The summed E-state index contributed by atoms with van der Waals surface area (Å²) in [7, 11) is 0. The molecule has 0 radical (unpaired) electrons. The van der Waals surface area contributed by atoms with Crippen molar-refractivity contribution in [2.24, 2.45) is 0 Å². The van der Waals surface area contributed by atoms with Gasteiger partial charge >= 0.3 is 0 Å². The molecular formula is C15H13FO2. The fourth-order valence-electron chi connectivity index (χ4n) is 1.77. The second kappa shape index (κ2) is 5.00. The Morgan fingerprint density at radius 2 is 1.78 bits per heavy atom. The van der Waals surface area contributed by atoms with Gasteiger partial charge in [-0.3, -0.25) is 4.79 Å². The van der Waals surface area contributed by atoms with Gasteiger partial charge in [0.25, 0.3) is 0 Å². The van der Waals surface area contributed by atoms with Crippen molar-refractivity contribution < 1.29 is 13.9 Å².